The molecule has 1 aliphatic heterocycles. The minimum Gasteiger partial charge on any atom is -0.372 e. The van der Waals surface area contributed by atoms with Gasteiger partial charge in [0.25, 0.3) is 0 Å². The number of hydrogen-bond donors (Lipinski definition) is 1. The van der Waals surface area contributed by atoms with E-state index >= 15 is 0 Å². The van der Waals surface area contributed by atoms with Gasteiger partial charge in [0.15, 0.2) is 0 Å². The van der Waals surface area contributed by atoms with Gasteiger partial charge in [0, 0.05) is 13.1 Å². The molecule has 0 aromatic rings. The SMILES string of the molecule is CCC(C)[C@H](N)C(=O)N1CCOC(C)(C)C1. The highest BCUT2D eigenvalue weighted by Crippen LogP contribution is 2.18. The molecule has 0 spiro atoms. The maximum Gasteiger partial charge on any atom is 0.239 e. The largest absolute Gasteiger partial charge is 0.372 e. The molecule has 0 bridgehead atoms. The number of carbonyl (C=O) groups excluding carboxylic acids is 1. The molecule has 2 atom stereocenters. The predicted molar refractivity (Wildman–Crippen MR) is 64.0 cm³/mol. The smallest absolute Gasteiger partial charge is 0.239 e. The summed E-state index contributed by atoms with van der Waals surface area (Å²) in [4.78, 5) is 14.0. The van der Waals surface area contributed by atoms with Crippen LogP contribution >= 0.6 is 0 Å². The number of hydrogen-bond acceptors (Lipinski definition) is 3. The molecule has 2 N–H and O–H groups in total. The molecule has 1 rings (SSSR count). The second-order valence-electron chi connectivity index (χ2n) is 5.28. The molecule has 1 unspecified atom stereocenters. The predicted octanol–water partition coefficient (Wildman–Crippen LogP) is 0.997. The fourth-order valence-corrected chi connectivity index (χ4v) is 1.91. The summed E-state index contributed by atoms with van der Waals surface area (Å²) in [5.41, 5.74) is 5.71. The highest BCUT2D eigenvalue weighted by Gasteiger charge is 2.33. The summed E-state index contributed by atoms with van der Waals surface area (Å²) < 4.78 is 5.58. The van der Waals surface area contributed by atoms with Crippen LogP contribution in [-0.2, 0) is 9.53 Å². The first-order valence-corrected chi connectivity index (χ1v) is 6.05. The fourth-order valence-electron chi connectivity index (χ4n) is 1.91. The molecule has 0 saturated carbocycles. The monoisotopic (exact) mass is 228 g/mol. The summed E-state index contributed by atoms with van der Waals surface area (Å²) >= 11 is 0. The van der Waals surface area contributed by atoms with Crippen LogP contribution in [0.25, 0.3) is 0 Å². The van der Waals surface area contributed by atoms with Crippen molar-refractivity contribution in [3.05, 3.63) is 0 Å². The van der Waals surface area contributed by atoms with Crippen LogP contribution < -0.4 is 5.73 Å². The lowest BCUT2D eigenvalue weighted by Gasteiger charge is -2.39. The summed E-state index contributed by atoms with van der Waals surface area (Å²) in [6.07, 6.45) is 0.931. The van der Waals surface area contributed by atoms with Gasteiger partial charge in [-0.05, 0) is 19.8 Å². The van der Waals surface area contributed by atoms with Crippen LogP contribution in [0.15, 0.2) is 0 Å². The molecule has 16 heavy (non-hydrogen) atoms. The lowest BCUT2D eigenvalue weighted by Crippen LogP contribution is -2.55. The van der Waals surface area contributed by atoms with Crippen molar-refractivity contribution in [2.24, 2.45) is 11.7 Å². The molecule has 1 aliphatic rings. The van der Waals surface area contributed by atoms with E-state index in [0.29, 0.717) is 19.7 Å². The molecule has 4 heteroatoms. The second kappa shape index (κ2) is 5.15. The number of carbonyl (C=O) groups is 1. The molecular weight excluding hydrogens is 204 g/mol. The average Bonchev–Trinajstić information content (AvgIpc) is 2.24. The molecule has 1 heterocycles. The van der Waals surface area contributed by atoms with Gasteiger partial charge in [0.05, 0.1) is 18.2 Å². The van der Waals surface area contributed by atoms with Crippen molar-refractivity contribution in [2.45, 2.75) is 45.8 Å². The molecule has 1 amide bonds. The summed E-state index contributed by atoms with van der Waals surface area (Å²) in [6.45, 7) is 9.98. The normalized spacial score (nSPS) is 23.9. The van der Waals surface area contributed by atoms with Gasteiger partial charge in [-0.2, -0.15) is 0 Å². The highest BCUT2D eigenvalue weighted by atomic mass is 16.5. The number of amides is 1. The topological polar surface area (TPSA) is 55.6 Å². The molecule has 1 saturated heterocycles. The Kier molecular flexibility index (Phi) is 4.33. The van der Waals surface area contributed by atoms with Crippen molar-refractivity contribution in [1.82, 2.24) is 4.90 Å². The first-order valence-electron chi connectivity index (χ1n) is 6.05. The van der Waals surface area contributed by atoms with E-state index in [2.05, 4.69) is 6.92 Å². The van der Waals surface area contributed by atoms with Crippen molar-refractivity contribution < 1.29 is 9.53 Å². The highest BCUT2D eigenvalue weighted by molar-refractivity contribution is 5.82. The van der Waals surface area contributed by atoms with E-state index in [0.717, 1.165) is 6.42 Å². The van der Waals surface area contributed by atoms with E-state index in [9.17, 15) is 4.79 Å². The fraction of sp³-hybridized carbons (Fsp3) is 0.917. The summed E-state index contributed by atoms with van der Waals surface area (Å²) in [5.74, 6) is 0.296. The molecule has 4 nitrogen and oxygen atoms in total. The van der Waals surface area contributed by atoms with E-state index in [1.165, 1.54) is 0 Å². The van der Waals surface area contributed by atoms with E-state index in [4.69, 9.17) is 10.5 Å². The molecule has 0 aliphatic carbocycles. The second-order valence-corrected chi connectivity index (χ2v) is 5.28. The number of nitrogens with two attached hydrogens (primary N) is 1. The van der Waals surface area contributed by atoms with Gasteiger partial charge in [-0.1, -0.05) is 20.3 Å². The van der Waals surface area contributed by atoms with Crippen LogP contribution in [0, 0.1) is 5.92 Å². The Morgan fingerprint density at radius 2 is 2.19 bits per heavy atom. The van der Waals surface area contributed by atoms with E-state index in [1.807, 2.05) is 25.7 Å². The Labute approximate surface area is 98.1 Å². The minimum absolute atomic E-state index is 0.0609. The van der Waals surface area contributed by atoms with Gasteiger partial charge in [-0.25, -0.2) is 0 Å². The van der Waals surface area contributed by atoms with Crippen molar-refractivity contribution in [1.29, 1.82) is 0 Å². The lowest BCUT2D eigenvalue weighted by molar-refractivity contribution is -0.148. The Morgan fingerprint density at radius 1 is 1.56 bits per heavy atom. The van der Waals surface area contributed by atoms with Gasteiger partial charge in [0.1, 0.15) is 0 Å². The van der Waals surface area contributed by atoms with Gasteiger partial charge in [0.2, 0.25) is 5.91 Å². The number of morpholine rings is 1. The zero-order valence-electron chi connectivity index (χ0n) is 10.8. The number of ether oxygens (including phenoxy) is 1. The average molecular weight is 228 g/mol. The number of rotatable bonds is 3. The third-order valence-corrected chi connectivity index (χ3v) is 3.28. The van der Waals surface area contributed by atoms with Crippen molar-refractivity contribution in [2.75, 3.05) is 19.7 Å². The van der Waals surface area contributed by atoms with Crippen LogP contribution in [0.5, 0.6) is 0 Å². The molecule has 0 aromatic heterocycles. The Balaban J connectivity index is 2.60. The first-order chi connectivity index (χ1) is 7.37. The van der Waals surface area contributed by atoms with Gasteiger partial charge >= 0.3 is 0 Å². The standard InChI is InChI=1S/C12H24N2O2/c1-5-9(2)10(13)11(15)14-6-7-16-12(3,4)8-14/h9-10H,5-8,13H2,1-4H3/t9?,10-/m0/s1. The van der Waals surface area contributed by atoms with Crippen LogP contribution in [-0.4, -0.2) is 42.1 Å². The molecule has 94 valence electrons. The molecular formula is C12H24N2O2. The van der Waals surface area contributed by atoms with Crippen molar-refractivity contribution in [3.63, 3.8) is 0 Å². The summed E-state index contributed by atoms with van der Waals surface area (Å²) in [7, 11) is 0. The third kappa shape index (κ3) is 3.19. The van der Waals surface area contributed by atoms with E-state index < -0.39 is 0 Å². The third-order valence-electron chi connectivity index (χ3n) is 3.28. The molecule has 0 aromatic carbocycles. The van der Waals surface area contributed by atoms with Crippen LogP contribution in [0.3, 0.4) is 0 Å². The summed E-state index contributed by atoms with van der Waals surface area (Å²) in [5, 5.41) is 0. The van der Waals surface area contributed by atoms with E-state index in [-0.39, 0.29) is 23.5 Å². The quantitative estimate of drug-likeness (QED) is 0.784. The lowest BCUT2D eigenvalue weighted by atomic mass is 9.97. The maximum atomic E-state index is 12.1. The Hall–Kier alpha value is -0.610. The van der Waals surface area contributed by atoms with Crippen LogP contribution in [0.1, 0.15) is 34.1 Å². The van der Waals surface area contributed by atoms with Crippen molar-refractivity contribution >= 4 is 5.91 Å². The van der Waals surface area contributed by atoms with Crippen molar-refractivity contribution in [3.8, 4) is 0 Å². The molecule has 1 fully saturated rings. The minimum atomic E-state index is -0.376. The van der Waals surface area contributed by atoms with E-state index in [1.54, 1.807) is 0 Å². The zero-order valence-corrected chi connectivity index (χ0v) is 10.8. The zero-order chi connectivity index (χ0) is 12.3. The molecule has 0 radical (unpaired) electrons. The number of nitrogens with zero attached hydrogens (tertiary/aromatic N) is 1. The summed E-state index contributed by atoms with van der Waals surface area (Å²) in [6, 6.07) is -0.376. The van der Waals surface area contributed by atoms with Crippen LogP contribution in [0.4, 0.5) is 0 Å². The first kappa shape index (κ1) is 13.5. The van der Waals surface area contributed by atoms with Gasteiger partial charge in [-0.3, -0.25) is 4.79 Å². The maximum absolute atomic E-state index is 12.1. The Bertz CT molecular complexity index is 253. The van der Waals surface area contributed by atoms with Gasteiger partial charge < -0.3 is 15.4 Å². The van der Waals surface area contributed by atoms with Gasteiger partial charge in [-0.15, -0.1) is 0 Å². The Morgan fingerprint density at radius 3 is 2.69 bits per heavy atom. The van der Waals surface area contributed by atoms with Crippen LogP contribution in [0.2, 0.25) is 0 Å².